The molecular formula is C25H28Cl2N4O7S. The number of carboxylic acid groups (broad SMARTS) is 1. The number of carboxylic acids is 1. The van der Waals surface area contributed by atoms with Gasteiger partial charge in [-0.3, -0.25) is 9.59 Å². The Morgan fingerprint density at radius 2 is 1.64 bits per heavy atom. The molecule has 0 saturated carbocycles. The van der Waals surface area contributed by atoms with Crippen LogP contribution in [0.5, 0.6) is 0 Å². The zero-order valence-corrected chi connectivity index (χ0v) is 23.0. The third-order valence-corrected chi connectivity index (χ3v) is 7.54. The van der Waals surface area contributed by atoms with Crippen LogP contribution in [0.25, 0.3) is 0 Å². The monoisotopic (exact) mass is 598 g/mol. The standard InChI is InChI=1S/C25H28Cl2N4O7S/c26-17-2-1-3-18(27)21(17)23(35)28-16-6-4-15(5-7-16)12-19(24(36)37)29-22(34)20-13-39-14-31(20)25(38)30(8-10-32)9-11-33/h1-7,19-20,32-33H,8-14H2,(H,28,35)(H,29,34)(H,36,37)/t19-,20+/m0/s1. The largest absolute Gasteiger partial charge is 0.480 e. The van der Waals surface area contributed by atoms with Gasteiger partial charge in [0.2, 0.25) is 5.91 Å². The van der Waals surface area contributed by atoms with E-state index in [4.69, 9.17) is 23.2 Å². The number of carbonyl (C=O) groups excluding carboxylic acids is 3. The number of nitrogens with one attached hydrogen (secondary N) is 2. The fraction of sp³-hybridized carbons (Fsp3) is 0.360. The number of hydrogen-bond donors (Lipinski definition) is 5. The molecule has 14 heteroatoms. The fourth-order valence-corrected chi connectivity index (χ4v) is 5.63. The van der Waals surface area contributed by atoms with Crippen LogP contribution in [0.15, 0.2) is 42.5 Å². The molecule has 1 fully saturated rings. The van der Waals surface area contributed by atoms with Crippen LogP contribution in [0.4, 0.5) is 10.5 Å². The first kappa shape index (κ1) is 30.5. The minimum Gasteiger partial charge on any atom is -0.480 e. The molecular weight excluding hydrogens is 571 g/mol. The predicted octanol–water partition coefficient (Wildman–Crippen LogP) is 2.14. The Hall–Kier alpha value is -3.03. The fourth-order valence-electron chi connectivity index (χ4n) is 3.91. The number of nitrogens with zero attached hydrogens (tertiary/aromatic N) is 2. The summed E-state index contributed by atoms with van der Waals surface area (Å²) in [6.45, 7) is -0.620. The second-order valence-electron chi connectivity index (χ2n) is 8.55. The highest BCUT2D eigenvalue weighted by atomic mass is 35.5. The number of urea groups is 1. The van der Waals surface area contributed by atoms with Gasteiger partial charge in [-0.1, -0.05) is 41.4 Å². The van der Waals surface area contributed by atoms with Crippen molar-refractivity contribution in [2.75, 3.05) is 43.2 Å². The number of aliphatic carboxylic acids is 1. The molecule has 2 atom stereocenters. The summed E-state index contributed by atoms with van der Waals surface area (Å²) in [4.78, 5) is 52.9. The molecule has 1 aliphatic rings. The van der Waals surface area contributed by atoms with Gasteiger partial charge >= 0.3 is 12.0 Å². The number of aliphatic hydroxyl groups is 2. The molecule has 210 valence electrons. The van der Waals surface area contributed by atoms with Crippen molar-refractivity contribution < 1.29 is 34.5 Å². The molecule has 2 aromatic carbocycles. The summed E-state index contributed by atoms with van der Waals surface area (Å²) in [6.07, 6.45) is -0.0411. The highest BCUT2D eigenvalue weighted by molar-refractivity contribution is 7.99. The average molecular weight is 599 g/mol. The second-order valence-corrected chi connectivity index (χ2v) is 10.4. The lowest BCUT2D eigenvalue weighted by molar-refractivity contribution is -0.142. The van der Waals surface area contributed by atoms with Crippen molar-refractivity contribution in [2.24, 2.45) is 0 Å². The van der Waals surface area contributed by atoms with Gasteiger partial charge in [0.25, 0.3) is 5.91 Å². The van der Waals surface area contributed by atoms with Crippen molar-refractivity contribution in [3.8, 4) is 0 Å². The molecule has 0 spiro atoms. The quantitative estimate of drug-likeness (QED) is 0.263. The van der Waals surface area contributed by atoms with Crippen LogP contribution in [-0.4, -0.2) is 99.0 Å². The molecule has 0 aromatic heterocycles. The van der Waals surface area contributed by atoms with E-state index in [1.165, 1.54) is 21.6 Å². The zero-order chi connectivity index (χ0) is 28.5. The third-order valence-electron chi connectivity index (χ3n) is 5.90. The van der Waals surface area contributed by atoms with Crippen LogP contribution in [0, 0.1) is 0 Å². The Balaban J connectivity index is 1.64. The summed E-state index contributed by atoms with van der Waals surface area (Å²) in [5, 5.41) is 33.8. The molecule has 4 amide bonds. The molecule has 39 heavy (non-hydrogen) atoms. The van der Waals surface area contributed by atoms with Crippen molar-refractivity contribution in [3.63, 3.8) is 0 Å². The Labute approximate surface area is 239 Å². The number of halogens is 2. The Morgan fingerprint density at radius 3 is 2.21 bits per heavy atom. The van der Waals surface area contributed by atoms with Gasteiger partial charge in [-0.25, -0.2) is 9.59 Å². The lowest BCUT2D eigenvalue weighted by Gasteiger charge is -2.30. The van der Waals surface area contributed by atoms with Crippen molar-refractivity contribution >= 4 is 64.5 Å². The SMILES string of the molecule is O=C(Nc1ccc(C[C@H](NC(=O)[C@H]2CSCN2C(=O)N(CCO)CCO)C(=O)O)cc1)c1c(Cl)cccc1Cl. The minimum absolute atomic E-state index is 0.00543. The summed E-state index contributed by atoms with van der Waals surface area (Å²) in [7, 11) is 0. The topological polar surface area (TPSA) is 160 Å². The lowest BCUT2D eigenvalue weighted by Crippen LogP contribution is -2.55. The maximum Gasteiger partial charge on any atom is 0.326 e. The molecule has 1 saturated heterocycles. The summed E-state index contributed by atoms with van der Waals surface area (Å²) < 4.78 is 0. The molecule has 5 N–H and O–H groups in total. The maximum atomic E-state index is 13.0. The predicted molar refractivity (Wildman–Crippen MR) is 148 cm³/mol. The molecule has 11 nitrogen and oxygen atoms in total. The first-order valence-corrected chi connectivity index (χ1v) is 13.8. The van der Waals surface area contributed by atoms with Crippen LogP contribution < -0.4 is 10.6 Å². The van der Waals surface area contributed by atoms with E-state index in [2.05, 4.69) is 10.6 Å². The van der Waals surface area contributed by atoms with Crippen LogP contribution in [-0.2, 0) is 16.0 Å². The van der Waals surface area contributed by atoms with Crippen molar-refractivity contribution in [3.05, 3.63) is 63.6 Å². The summed E-state index contributed by atoms with van der Waals surface area (Å²) in [5.74, 6) is -1.87. The molecule has 2 aromatic rings. The van der Waals surface area contributed by atoms with Crippen LogP contribution >= 0.6 is 35.0 Å². The normalized spacial score (nSPS) is 15.5. The van der Waals surface area contributed by atoms with Gasteiger partial charge < -0.3 is 35.8 Å². The summed E-state index contributed by atoms with van der Waals surface area (Å²) in [6, 6.07) is 8.43. The van der Waals surface area contributed by atoms with Gasteiger partial charge in [0.05, 0.1) is 34.7 Å². The molecule has 1 heterocycles. The second kappa shape index (κ2) is 14.4. The number of rotatable bonds is 11. The highest BCUT2D eigenvalue weighted by Crippen LogP contribution is 2.26. The summed E-state index contributed by atoms with van der Waals surface area (Å²) >= 11 is 13.5. The van der Waals surface area contributed by atoms with Crippen molar-refractivity contribution in [2.45, 2.75) is 18.5 Å². The van der Waals surface area contributed by atoms with Crippen molar-refractivity contribution in [1.82, 2.24) is 15.1 Å². The summed E-state index contributed by atoms with van der Waals surface area (Å²) in [5.41, 5.74) is 1.15. The Morgan fingerprint density at radius 1 is 1.03 bits per heavy atom. The smallest absolute Gasteiger partial charge is 0.326 e. The number of benzene rings is 2. The van der Waals surface area contributed by atoms with Crippen LogP contribution in [0.3, 0.4) is 0 Å². The number of anilines is 1. The lowest BCUT2D eigenvalue weighted by atomic mass is 10.0. The van der Waals surface area contributed by atoms with E-state index >= 15 is 0 Å². The van der Waals surface area contributed by atoms with Gasteiger partial charge in [-0.15, -0.1) is 11.8 Å². The van der Waals surface area contributed by atoms with Gasteiger partial charge in [-0.2, -0.15) is 0 Å². The molecule has 0 unspecified atom stereocenters. The Bertz CT molecular complexity index is 1180. The number of carbonyl (C=O) groups is 4. The molecule has 1 aliphatic heterocycles. The third kappa shape index (κ3) is 7.99. The van der Waals surface area contributed by atoms with E-state index in [9.17, 15) is 34.5 Å². The van der Waals surface area contributed by atoms with E-state index in [0.29, 0.717) is 11.3 Å². The van der Waals surface area contributed by atoms with Gasteiger partial charge in [0.1, 0.15) is 12.1 Å². The highest BCUT2D eigenvalue weighted by Gasteiger charge is 2.38. The van der Waals surface area contributed by atoms with Crippen LogP contribution in [0.1, 0.15) is 15.9 Å². The van der Waals surface area contributed by atoms with E-state index in [1.807, 2.05) is 0 Å². The number of hydrogen-bond acceptors (Lipinski definition) is 7. The van der Waals surface area contributed by atoms with E-state index in [0.717, 1.165) is 0 Å². The molecule has 3 rings (SSSR count). The van der Waals surface area contributed by atoms with Gasteiger partial charge in [0.15, 0.2) is 0 Å². The van der Waals surface area contributed by atoms with Gasteiger partial charge in [0, 0.05) is 31.0 Å². The number of aliphatic hydroxyl groups excluding tert-OH is 2. The average Bonchev–Trinajstić information content (AvgIpc) is 3.39. The number of amides is 4. The van der Waals surface area contributed by atoms with E-state index in [-0.39, 0.29) is 60.0 Å². The minimum atomic E-state index is -1.27. The first-order chi connectivity index (χ1) is 18.7. The Kier molecular flexibility index (Phi) is 11.3. The van der Waals surface area contributed by atoms with E-state index < -0.39 is 35.9 Å². The van der Waals surface area contributed by atoms with Gasteiger partial charge in [-0.05, 0) is 29.8 Å². The van der Waals surface area contributed by atoms with Crippen LogP contribution in [0.2, 0.25) is 10.0 Å². The molecule has 0 bridgehead atoms. The van der Waals surface area contributed by atoms with Crippen molar-refractivity contribution in [1.29, 1.82) is 0 Å². The maximum absolute atomic E-state index is 13.0. The zero-order valence-electron chi connectivity index (χ0n) is 20.7. The first-order valence-electron chi connectivity index (χ1n) is 11.9. The van der Waals surface area contributed by atoms with E-state index in [1.54, 1.807) is 42.5 Å². The number of thioether (sulfide) groups is 1. The molecule has 0 radical (unpaired) electrons. The molecule has 0 aliphatic carbocycles.